The van der Waals surface area contributed by atoms with Gasteiger partial charge in [0.05, 0.1) is 17.8 Å². The lowest BCUT2D eigenvalue weighted by Crippen LogP contribution is -2.27. The molecule has 1 N–H and O–H groups in total. The zero-order chi connectivity index (χ0) is 17.4. The maximum absolute atomic E-state index is 13.1. The maximum Gasteiger partial charge on any atom is 0.261 e. The quantitative estimate of drug-likeness (QED) is 0.740. The molecule has 0 radical (unpaired) electrons. The highest BCUT2D eigenvalue weighted by Gasteiger charge is 2.34. The van der Waals surface area contributed by atoms with Crippen molar-refractivity contribution in [3.8, 4) is 0 Å². The summed E-state index contributed by atoms with van der Waals surface area (Å²) in [5.74, 6) is -0.0996. The van der Waals surface area contributed by atoms with Crippen LogP contribution < -0.4 is 4.90 Å². The Morgan fingerprint density at radius 3 is 2.32 bits per heavy atom. The van der Waals surface area contributed by atoms with Crippen LogP contribution in [0.2, 0.25) is 0 Å². The van der Waals surface area contributed by atoms with Crippen LogP contribution in [0.5, 0.6) is 0 Å². The average Bonchev–Trinajstić information content (AvgIpc) is 2.99. The number of hydrogen-bond acceptors (Lipinski definition) is 3. The van der Waals surface area contributed by atoms with Crippen LogP contribution in [0.3, 0.4) is 0 Å². The lowest BCUT2D eigenvalue weighted by Gasteiger charge is -2.18. The predicted octanol–water partition coefficient (Wildman–Crippen LogP) is 3.92. The molecule has 0 aliphatic carbocycles. The normalized spacial score (nSPS) is 14.5. The van der Waals surface area contributed by atoms with Crippen molar-refractivity contribution in [1.29, 1.82) is 0 Å². The number of hydrogen-bond donors (Lipinski definition) is 1. The van der Waals surface area contributed by atoms with Crippen molar-refractivity contribution in [2.75, 3.05) is 18.5 Å². The molecule has 1 aliphatic heterocycles. The van der Waals surface area contributed by atoms with Gasteiger partial charge in [-0.3, -0.25) is 15.1 Å². The number of rotatable bonds is 3. The third-order valence-electron chi connectivity index (χ3n) is 4.55. The van der Waals surface area contributed by atoms with Crippen LogP contribution in [0.4, 0.5) is 5.69 Å². The largest absolute Gasteiger partial charge is 0.302 e. The highest BCUT2D eigenvalue weighted by Crippen LogP contribution is 2.33. The lowest BCUT2D eigenvalue weighted by molar-refractivity contribution is -0.112. The Labute approximate surface area is 146 Å². The molecule has 1 aliphatic rings. The maximum atomic E-state index is 13.1. The molecule has 4 nitrogen and oxygen atoms in total. The number of hydroxylamine groups is 2. The number of likely N-dealkylation sites (N-methyl/N-ethyl adjacent to an activating group) is 1. The summed E-state index contributed by atoms with van der Waals surface area (Å²) in [6, 6.07) is 23.5. The molecule has 0 unspecified atom stereocenters. The molecule has 0 saturated heterocycles. The third-order valence-corrected chi connectivity index (χ3v) is 4.55. The smallest absolute Gasteiger partial charge is 0.261 e. The van der Waals surface area contributed by atoms with Crippen molar-refractivity contribution in [2.45, 2.75) is 0 Å². The summed E-state index contributed by atoms with van der Waals surface area (Å²) < 4.78 is 0. The van der Waals surface area contributed by atoms with Crippen molar-refractivity contribution >= 4 is 27.9 Å². The van der Waals surface area contributed by atoms with Crippen molar-refractivity contribution in [3.05, 3.63) is 84.1 Å². The van der Waals surface area contributed by atoms with Gasteiger partial charge in [-0.25, -0.2) is 0 Å². The van der Waals surface area contributed by atoms with Crippen LogP contribution in [0.1, 0.15) is 5.56 Å². The van der Waals surface area contributed by atoms with Gasteiger partial charge < -0.3 is 4.90 Å². The molecule has 3 aromatic rings. The molecule has 3 aromatic carbocycles. The summed E-state index contributed by atoms with van der Waals surface area (Å²) in [6.45, 7) is 0.345. The Balaban J connectivity index is 1.81. The Morgan fingerprint density at radius 2 is 1.60 bits per heavy atom. The fourth-order valence-electron chi connectivity index (χ4n) is 3.27. The van der Waals surface area contributed by atoms with Gasteiger partial charge in [0.1, 0.15) is 0 Å². The lowest BCUT2D eigenvalue weighted by atomic mass is 10.0. The van der Waals surface area contributed by atoms with Gasteiger partial charge in [0, 0.05) is 12.7 Å². The predicted molar refractivity (Wildman–Crippen MR) is 99.2 cm³/mol. The van der Waals surface area contributed by atoms with Crippen LogP contribution in [-0.4, -0.2) is 29.8 Å². The first kappa shape index (κ1) is 15.4. The highest BCUT2D eigenvalue weighted by atomic mass is 16.5. The monoisotopic (exact) mass is 330 g/mol. The van der Waals surface area contributed by atoms with Gasteiger partial charge in [0.15, 0.2) is 0 Å². The minimum atomic E-state index is -0.0996. The van der Waals surface area contributed by atoms with E-state index in [1.54, 1.807) is 11.9 Å². The topological polar surface area (TPSA) is 43.8 Å². The van der Waals surface area contributed by atoms with Gasteiger partial charge >= 0.3 is 0 Å². The number of amides is 1. The molecule has 4 rings (SSSR count). The first-order chi connectivity index (χ1) is 12.1. The van der Waals surface area contributed by atoms with Gasteiger partial charge in [-0.2, -0.15) is 0 Å². The zero-order valence-corrected chi connectivity index (χ0v) is 13.9. The Kier molecular flexibility index (Phi) is 3.75. The molecule has 0 spiro atoms. The number of nitrogens with zero attached hydrogens (tertiary/aromatic N) is 2. The molecule has 124 valence electrons. The molecule has 1 amide bonds. The van der Waals surface area contributed by atoms with Crippen LogP contribution in [0.25, 0.3) is 16.3 Å². The minimum Gasteiger partial charge on any atom is -0.302 e. The van der Waals surface area contributed by atoms with E-state index in [0.717, 1.165) is 27.1 Å². The average molecular weight is 330 g/mol. The number of anilines is 1. The summed E-state index contributed by atoms with van der Waals surface area (Å²) in [4.78, 5) is 14.8. The van der Waals surface area contributed by atoms with Crippen LogP contribution in [-0.2, 0) is 4.79 Å². The molecule has 1 heterocycles. The fraction of sp³-hybridized carbons (Fsp3) is 0.0952. The van der Waals surface area contributed by atoms with Crippen molar-refractivity contribution in [2.24, 2.45) is 0 Å². The van der Waals surface area contributed by atoms with Gasteiger partial charge in [0.25, 0.3) is 5.91 Å². The summed E-state index contributed by atoms with van der Waals surface area (Å²) >= 11 is 0. The molecule has 0 saturated carbocycles. The second kappa shape index (κ2) is 6.07. The molecule has 0 bridgehead atoms. The SMILES string of the molecule is CN(O)C1=C(c2ccc3ccccc3c2)C(=O)N(c2ccccc2)C1. The summed E-state index contributed by atoms with van der Waals surface area (Å²) in [6.07, 6.45) is 0. The van der Waals surface area contributed by atoms with Gasteiger partial charge in [-0.15, -0.1) is 0 Å². The van der Waals surface area contributed by atoms with Crippen LogP contribution >= 0.6 is 0 Å². The summed E-state index contributed by atoms with van der Waals surface area (Å²) in [5, 5.41) is 13.3. The highest BCUT2D eigenvalue weighted by molar-refractivity contribution is 6.30. The van der Waals surface area contributed by atoms with Crippen LogP contribution in [0, 0.1) is 0 Å². The number of fused-ring (bicyclic) bond motifs is 1. The Hall–Kier alpha value is -3.11. The van der Waals surface area contributed by atoms with Crippen molar-refractivity contribution < 1.29 is 10.0 Å². The number of carbonyl (C=O) groups excluding carboxylic acids is 1. The Morgan fingerprint density at radius 1 is 0.920 bits per heavy atom. The van der Waals surface area contributed by atoms with E-state index < -0.39 is 0 Å². The molecular formula is C21H18N2O2. The van der Waals surface area contributed by atoms with E-state index in [1.807, 2.05) is 72.8 Å². The summed E-state index contributed by atoms with van der Waals surface area (Å²) in [5.41, 5.74) is 2.78. The molecular weight excluding hydrogens is 312 g/mol. The van der Waals surface area contributed by atoms with E-state index in [9.17, 15) is 10.0 Å². The molecule has 4 heteroatoms. The first-order valence-corrected chi connectivity index (χ1v) is 8.17. The molecule has 0 aromatic heterocycles. The van der Waals surface area contributed by atoms with Gasteiger partial charge in [-0.1, -0.05) is 54.6 Å². The number of benzene rings is 3. The van der Waals surface area contributed by atoms with Crippen molar-refractivity contribution in [3.63, 3.8) is 0 Å². The van der Waals surface area contributed by atoms with E-state index in [0.29, 0.717) is 17.8 Å². The molecule has 25 heavy (non-hydrogen) atoms. The number of para-hydroxylation sites is 1. The zero-order valence-electron chi connectivity index (χ0n) is 13.9. The minimum absolute atomic E-state index is 0.0996. The van der Waals surface area contributed by atoms with Gasteiger partial charge in [0.2, 0.25) is 0 Å². The third kappa shape index (κ3) is 2.66. The second-order valence-electron chi connectivity index (χ2n) is 6.13. The fourth-order valence-corrected chi connectivity index (χ4v) is 3.27. The first-order valence-electron chi connectivity index (χ1n) is 8.17. The summed E-state index contributed by atoms with van der Waals surface area (Å²) in [7, 11) is 1.55. The van der Waals surface area contributed by atoms with E-state index >= 15 is 0 Å². The van der Waals surface area contributed by atoms with E-state index in [2.05, 4.69) is 0 Å². The van der Waals surface area contributed by atoms with Crippen LogP contribution in [0.15, 0.2) is 78.5 Å². The van der Waals surface area contributed by atoms with Crippen molar-refractivity contribution in [1.82, 2.24) is 5.06 Å². The van der Waals surface area contributed by atoms with E-state index in [4.69, 9.17) is 0 Å². The Bertz CT molecular complexity index is 977. The van der Waals surface area contributed by atoms with E-state index in [-0.39, 0.29) is 5.91 Å². The molecule has 0 fully saturated rings. The van der Waals surface area contributed by atoms with Gasteiger partial charge in [-0.05, 0) is 34.5 Å². The number of carbonyl (C=O) groups is 1. The molecule has 0 atom stereocenters. The second-order valence-corrected chi connectivity index (χ2v) is 6.13. The van der Waals surface area contributed by atoms with E-state index in [1.165, 1.54) is 0 Å². The standard InChI is InChI=1S/C21H18N2O2/c1-22(25)19-14-23(18-9-3-2-4-10-18)21(24)20(19)17-12-11-15-7-5-6-8-16(15)13-17/h2-13,25H,14H2,1H3.